The Kier molecular flexibility index (Phi) is 6.37. The summed E-state index contributed by atoms with van der Waals surface area (Å²) in [6.45, 7) is 0.429. The number of hydrogen-bond donors (Lipinski definition) is 4. The number of alkyl halides is 3. The number of guanidine groups is 1. The Balaban J connectivity index is 1.55. The van der Waals surface area contributed by atoms with Crippen LogP contribution < -0.4 is 22.1 Å². The van der Waals surface area contributed by atoms with Crippen molar-refractivity contribution < 1.29 is 18.0 Å². The lowest BCUT2D eigenvalue weighted by Gasteiger charge is -2.13. The number of halogens is 3. The minimum absolute atomic E-state index is 0.0840. The van der Waals surface area contributed by atoms with Crippen LogP contribution >= 0.6 is 11.3 Å². The fraction of sp³-hybridized carbons (Fsp3) is 0.0870. The molecule has 1 amide bonds. The summed E-state index contributed by atoms with van der Waals surface area (Å²) in [5, 5.41) is 8.44. The molecule has 4 rings (SSSR count). The number of nitrogens with two attached hydrogens (primary N) is 2. The average Bonchev–Trinajstić information content (AvgIpc) is 3.25. The number of aromatic nitrogens is 1. The molecular formula is C23H19F3N6OS. The number of anilines is 2. The maximum Gasteiger partial charge on any atom is 0.416 e. The molecule has 0 unspecified atom stereocenters. The topological polar surface area (TPSA) is 118 Å². The van der Waals surface area contributed by atoms with Crippen LogP contribution in [0.2, 0.25) is 0 Å². The Morgan fingerprint density at radius 1 is 1.09 bits per heavy atom. The van der Waals surface area contributed by atoms with Crippen LogP contribution in [0.4, 0.5) is 30.2 Å². The predicted molar refractivity (Wildman–Crippen MR) is 128 cm³/mol. The summed E-state index contributed by atoms with van der Waals surface area (Å²) in [4.78, 5) is 21.2. The first-order valence-electron chi connectivity index (χ1n) is 9.98. The van der Waals surface area contributed by atoms with E-state index in [1.807, 2.05) is 30.3 Å². The summed E-state index contributed by atoms with van der Waals surface area (Å²) >= 11 is 1.16. The lowest BCUT2D eigenvalue weighted by atomic mass is 10.1. The molecule has 0 bridgehead atoms. The molecule has 11 heteroatoms. The van der Waals surface area contributed by atoms with Crippen LogP contribution in [0.3, 0.4) is 0 Å². The molecule has 6 N–H and O–H groups in total. The zero-order valence-corrected chi connectivity index (χ0v) is 18.4. The van der Waals surface area contributed by atoms with Gasteiger partial charge in [0.2, 0.25) is 0 Å². The first kappa shape index (κ1) is 23.1. The number of carbonyl (C=O) groups excluding carboxylic acids is 1. The summed E-state index contributed by atoms with van der Waals surface area (Å²) in [5.41, 5.74) is 11.8. The van der Waals surface area contributed by atoms with E-state index in [9.17, 15) is 18.0 Å². The lowest BCUT2D eigenvalue weighted by molar-refractivity contribution is -0.137. The van der Waals surface area contributed by atoms with Gasteiger partial charge in [-0.05, 0) is 47.3 Å². The van der Waals surface area contributed by atoms with Crippen LogP contribution in [0.5, 0.6) is 0 Å². The Morgan fingerprint density at radius 2 is 1.88 bits per heavy atom. The van der Waals surface area contributed by atoms with E-state index < -0.39 is 23.6 Å². The minimum atomic E-state index is -4.64. The molecule has 0 aliphatic carbocycles. The number of nitrogens with one attached hydrogen (secondary N) is 2. The molecule has 0 aliphatic heterocycles. The quantitative estimate of drug-likeness (QED) is 0.225. The van der Waals surface area contributed by atoms with E-state index >= 15 is 0 Å². The van der Waals surface area contributed by atoms with E-state index in [4.69, 9.17) is 11.5 Å². The number of aliphatic imine (C=N–C) groups is 1. The molecule has 0 spiro atoms. The van der Waals surface area contributed by atoms with Crippen molar-refractivity contribution in [3.63, 3.8) is 0 Å². The van der Waals surface area contributed by atoms with Gasteiger partial charge in [0.15, 0.2) is 5.96 Å². The van der Waals surface area contributed by atoms with Crippen molar-refractivity contribution in [3.05, 3.63) is 82.2 Å². The largest absolute Gasteiger partial charge is 0.416 e. The number of para-hydroxylation sites is 1. The Labute approximate surface area is 196 Å². The van der Waals surface area contributed by atoms with Crippen LogP contribution in [-0.2, 0) is 12.7 Å². The van der Waals surface area contributed by atoms with Crippen LogP contribution in [-0.4, -0.2) is 16.9 Å². The number of nitrogens with zero attached hydrogens (tertiary/aromatic N) is 2. The summed E-state index contributed by atoms with van der Waals surface area (Å²) < 4.78 is 39.9. The highest BCUT2D eigenvalue weighted by Crippen LogP contribution is 2.35. The lowest BCUT2D eigenvalue weighted by Crippen LogP contribution is -2.22. The van der Waals surface area contributed by atoms with Crippen molar-refractivity contribution in [2.24, 2.45) is 16.5 Å². The van der Waals surface area contributed by atoms with Gasteiger partial charge in [-0.15, -0.1) is 11.3 Å². The van der Waals surface area contributed by atoms with E-state index in [1.165, 1.54) is 6.07 Å². The molecule has 0 saturated carbocycles. The van der Waals surface area contributed by atoms with Gasteiger partial charge in [-0.1, -0.05) is 18.2 Å². The molecule has 0 radical (unpaired) electrons. The molecule has 4 aromatic rings. The first-order valence-corrected chi connectivity index (χ1v) is 10.9. The highest BCUT2D eigenvalue weighted by atomic mass is 32.1. The third kappa shape index (κ3) is 5.26. The SMILES string of the molecule is NC(N)=Nc1cc(NC(=O)c2sccc2NCc2ccnc3ccccc23)cc(C(F)(F)F)c1. The number of amides is 1. The summed E-state index contributed by atoms with van der Waals surface area (Å²) in [6.07, 6.45) is -2.93. The van der Waals surface area contributed by atoms with Crippen molar-refractivity contribution in [2.75, 3.05) is 10.6 Å². The number of pyridine rings is 1. The number of carbonyl (C=O) groups is 1. The third-order valence-corrected chi connectivity index (χ3v) is 5.75. The van der Waals surface area contributed by atoms with E-state index in [0.717, 1.165) is 39.9 Å². The van der Waals surface area contributed by atoms with E-state index in [0.29, 0.717) is 17.1 Å². The van der Waals surface area contributed by atoms with Gasteiger partial charge in [0.1, 0.15) is 4.88 Å². The third-order valence-electron chi connectivity index (χ3n) is 4.84. The summed E-state index contributed by atoms with van der Waals surface area (Å²) in [6, 6.07) is 14.2. The number of fused-ring (bicyclic) bond motifs is 1. The maximum absolute atomic E-state index is 13.3. The van der Waals surface area contributed by atoms with Gasteiger partial charge in [0.05, 0.1) is 22.5 Å². The van der Waals surface area contributed by atoms with Crippen molar-refractivity contribution in [2.45, 2.75) is 12.7 Å². The fourth-order valence-electron chi connectivity index (χ4n) is 3.37. The molecule has 0 fully saturated rings. The summed E-state index contributed by atoms with van der Waals surface area (Å²) in [7, 11) is 0. The van der Waals surface area contributed by atoms with Gasteiger partial charge < -0.3 is 22.1 Å². The Morgan fingerprint density at radius 3 is 2.65 bits per heavy atom. The van der Waals surface area contributed by atoms with Gasteiger partial charge in [0, 0.05) is 23.8 Å². The smallest absolute Gasteiger partial charge is 0.380 e. The number of thiophene rings is 1. The number of hydrogen-bond acceptors (Lipinski definition) is 5. The molecular weight excluding hydrogens is 465 g/mol. The van der Waals surface area contributed by atoms with Crippen LogP contribution in [0.1, 0.15) is 20.8 Å². The molecule has 34 heavy (non-hydrogen) atoms. The minimum Gasteiger partial charge on any atom is -0.380 e. The molecule has 2 aromatic carbocycles. The molecule has 174 valence electrons. The molecule has 0 saturated heterocycles. The average molecular weight is 485 g/mol. The van der Waals surface area contributed by atoms with Crippen molar-refractivity contribution in [1.82, 2.24) is 4.98 Å². The fourth-order valence-corrected chi connectivity index (χ4v) is 4.14. The van der Waals surface area contributed by atoms with Crippen molar-refractivity contribution >= 4 is 51.2 Å². The van der Waals surface area contributed by atoms with Gasteiger partial charge >= 0.3 is 6.18 Å². The standard InChI is InChI=1S/C23H19F3N6OS/c24-23(25,26)14-9-15(11-16(10-14)32-22(27)28)31-21(33)20-19(6-8-34-20)30-12-13-5-7-29-18-4-2-1-3-17(13)18/h1-11,30H,12H2,(H,31,33)(H4,27,28,32). The normalized spacial score (nSPS) is 11.3. The van der Waals surface area contributed by atoms with Crippen molar-refractivity contribution in [1.29, 1.82) is 0 Å². The second-order valence-electron chi connectivity index (χ2n) is 7.26. The van der Waals surface area contributed by atoms with Gasteiger partial charge in [-0.2, -0.15) is 13.2 Å². The maximum atomic E-state index is 13.3. The zero-order chi connectivity index (χ0) is 24.3. The second-order valence-corrected chi connectivity index (χ2v) is 8.18. The molecule has 2 heterocycles. The van der Waals surface area contributed by atoms with Gasteiger partial charge in [-0.3, -0.25) is 9.78 Å². The highest BCUT2D eigenvalue weighted by molar-refractivity contribution is 7.12. The van der Waals surface area contributed by atoms with Crippen LogP contribution in [0.15, 0.2) is 71.2 Å². The van der Waals surface area contributed by atoms with E-state index in [2.05, 4.69) is 20.6 Å². The number of benzene rings is 2. The predicted octanol–water partition coefficient (Wildman–Crippen LogP) is 5.08. The summed E-state index contributed by atoms with van der Waals surface area (Å²) in [5.74, 6) is -0.961. The second kappa shape index (κ2) is 9.40. The van der Waals surface area contributed by atoms with Crippen LogP contribution in [0.25, 0.3) is 10.9 Å². The number of rotatable bonds is 6. The first-order chi connectivity index (χ1) is 16.2. The highest BCUT2D eigenvalue weighted by Gasteiger charge is 2.31. The van der Waals surface area contributed by atoms with Crippen LogP contribution in [0, 0.1) is 0 Å². The Bertz CT molecular complexity index is 1370. The van der Waals surface area contributed by atoms with E-state index in [-0.39, 0.29) is 11.4 Å². The molecule has 7 nitrogen and oxygen atoms in total. The molecule has 2 aromatic heterocycles. The Hall–Kier alpha value is -4.12. The molecule has 0 atom stereocenters. The zero-order valence-electron chi connectivity index (χ0n) is 17.6. The molecule has 0 aliphatic rings. The van der Waals surface area contributed by atoms with Crippen molar-refractivity contribution in [3.8, 4) is 0 Å². The van der Waals surface area contributed by atoms with Gasteiger partial charge in [0.25, 0.3) is 5.91 Å². The monoisotopic (exact) mass is 484 g/mol. The van der Waals surface area contributed by atoms with Gasteiger partial charge in [-0.25, -0.2) is 4.99 Å². The van der Waals surface area contributed by atoms with E-state index in [1.54, 1.807) is 17.6 Å².